The Bertz CT molecular complexity index is 1040. The zero-order valence-electron chi connectivity index (χ0n) is 19.9. The third-order valence-electron chi connectivity index (χ3n) is 8.03. The molecule has 0 heterocycles. The highest BCUT2D eigenvalue weighted by atomic mass is 19.1. The zero-order valence-corrected chi connectivity index (χ0v) is 19.9. The fourth-order valence-corrected chi connectivity index (χ4v) is 6.07. The maximum Gasteiger partial charge on any atom is 0.147 e. The molecule has 0 amide bonds. The van der Waals surface area contributed by atoms with Gasteiger partial charge in [-0.15, -0.1) is 0 Å². The van der Waals surface area contributed by atoms with Gasteiger partial charge in [0.15, 0.2) is 0 Å². The van der Waals surface area contributed by atoms with E-state index in [1.54, 1.807) is 6.07 Å². The van der Waals surface area contributed by atoms with Gasteiger partial charge in [0, 0.05) is 5.56 Å². The average molecular weight is 472 g/mol. The van der Waals surface area contributed by atoms with Crippen molar-refractivity contribution in [2.45, 2.75) is 95.8 Å². The molecule has 5 heteroatoms. The molecule has 1 saturated carbocycles. The van der Waals surface area contributed by atoms with Gasteiger partial charge >= 0.3 is 0 Å². The molecule has 4 rings (SSSR count). The summed E-state index contributed by atoms with van der Waals surface area (Å²) in [5.74, 6) is -2.44. The maximum atomic E-state index is 15.2. The molecule has 0 aromatic heterocycles. The summed E-state index contributed by atoms with van der Waals surface area (Å²) < 4.78 is 59.0. The lowest BCUT2D eigenvalue weighted by Gasteiger charge is -2.30. The molecule has 0 aliphatic heterocycles. The van der Waals surface area contributed by atoms with E-state index in [1.165, 1.54) is 44.2 Å². The largest absolute Gasteiger partial charge is 0.207 e. The van der Waals surface area contributed by atoms with Crippen molar-refractivity contribution < 1.29 is 17.6 Å². The smallest absolute Gasteiger partial charge is 0.147 e. The fraction of sp³-hybridized carbons (Fsp3) is 0.552. The molecular formula is C29H33F4N. The van der Waals surface area contributed by atoms with E-state index < -0.39 is 34.8 Å². The van der Waals surface area contributed by atoms with E-state index in [9.17, 15) is 8.78 Å². The number of nitriles is 1. The molecule has 0 radical (unpaired) electrons. The van der Waals surface area contributed by atoms with E-state index in [0.717, 1.165) is 43.2 Å². The van der Waals surface area contributed by atoms with Gasteiger partial charge in [0.1, 0.15) is 34.9 Å². The minimum atomic E-state index is -0.920. The molecule has 0 bridgehead atoms. The molecule has 2 aromatic carbocycles. The van der Waals surface area contributed by atoms with Gasteiger partial charge in [0.05, 0.1) is 0 Å². The van der Waals surface area contributed by atoms with Gasteiger partial charge < -0.3 is 0 Å². The van der Waals surface area contributed by atoms with Crippen molar-refractivity contribution in [3.05, 3.63) is 69.3 Å². The highest BCUT2D eigenvalue weighted by molar-refractivity contribution is 5.44. The van der Waals surface area contributed by atoms with Gasteiger partial charge in [-0.2, -0.15) is 5.26 Å². The van der Waals surface area contributed by atoms with Crippen LogP contribution in [0.3, 0.4) is 0 Å². The lowest BCUT2D eigenvalue weighted by Crippen LogP contribution is -2.19. The Morgan fingerprint density at radius 2 is 1.56 bits per heavy atom. The van der Waals surface area contributed by atoms with Crippen LogP contribution in [-0.4, -0.2) is 0 Å². The second-order valence-electron chi connectivity index (χ2n) is 10.2. The number of unbranched alkanes of at least 4 members (excludes halogenated alkanes) is 3. The Balaban J connectivity index is 1.45. The third kappa shape index (κ3) is 5.16. The van der Waals surface area contributed by atoms with Gasteiger partial charge in [0.25, 0.3) is 0 Å². The van der Waals surface area contributed by atoms with Gasteiger partial charge in [0.2, 0.25) is 0 Å². The van der Waals surface area contributed by atoms with Crippen LogP contribution >= 0.6 is 0 Å². The Labute approximate surface area is 200 Å². The van der Waals surface area contributed by atoms with Gasteiger partial charge in [-0.3, -0.25) is 0 Å². The Morgan fingerprint density at radius 1 is 0.853 bits per heavy atom. The normalized spacial score (nSPS) is 22.3. The van der Waals surface area contributed by atoms with Crippen LogP contribution in [0.5, 0.6) is 0 Å². The van der Waals surface area contributed by atoms with Crippen molar-refractivity contribution in [3.8, 4) is 6.07 Å². The second-order valence-corrected chi connectivity index (χ2v) is 10.2. The number of rotatable bonds is 7. The average Bonchev–Trinajstić information content (AvgIpc) is 2.82. The lowest BCUT2D eigenvalue weighted by atomic mass is 9.75. The van der Waals surface area contributed by atoms with Crippen LogP contribution < -0.4 is 0 Å². The number of hydrogen-bond acceptors (Lipinski definition) is 1. The van der Waals surface area contributed by atoms with Crippen molar-refractivity contribution in [2.24, 2.45) is 5.92 Å². The van der Waals surface area contributed by atoms with Crippen LogP contribution in [-0.2, 0) is 12.8 Å². The number of nitrogens with zero attached hydrogens (tertiary/aromatic N) is 1. The molecule has 1 fully saturated rings. The second kappa shape index (κ2) is 10.9. The number of hydrogen-bond donors (Lipinski definition) is 0. The quantitative estimate of drug-likeness (QED) is 0.293. The predicted octanol–water partition coefficient (Wildman–Crippen LogP) is 8.63. The summed E-state index contributed by atoms with van der Waals surface area (Å²) in [6.45, 7) is 2.22. The van der Waals surface area contributed by atoms with Crippen molar-refractivity contribution in [3.63, 3.8) is 0 Å². The molecular weight excluding hydrogens is 438 g/mol. The molecule has 2 aliphatic rings. The molecule has 0 N–H and O–H groups in total. The Morgan fingerprint density at radius 3 is 2.21 bits per heavy atom. The van der Waals surface area contributed by atoms with E-state index in [-0.39, 0.29) is 29.9 Å². The van der Waals surface area contributed by atoms with Gasteiger partial charge in [-0.05, 0) is 97.6 Å². The number of fused-ring (bicyclic) bond motifs is 1. The van der Waals surface area contributed by atoms with Crippen molar-refractivity contribution in [1.82, 2.24) is 0 Å². The first-order chi connectivity index (χ1) is 16.4. The minimum Gasteiger partial charge on any atom is -0.207 e. The number of benzene rings is 2. The summed E-state index contributed by atoms with van der Waals surface area (Å²) in [5, 5.41) is 8.98. The molecule has 182 valence electrons. The molecule has 0 spiro atoms. The lowest BCUT2D eigenvalue weighted by molar-refractivity contribution is 0.301. The summed E-state index contributed by atoms with van der Waals surface area (Å²) in [4.78, 5) is 0. The Kier molecular flexibility index (Phi) is 7.96. The van der Waals surface area contributed by atoms with Crippen LogP contribution in [0.15, 0.2) is 18.2 Å². The van der Waals surface area contributed by atoms with Crippen molar-refractivity contribution in [1.29, 1.82) is 5.26 Å². The van der Waals surface area contributed by atoms with Crippen LogP contribution in [0.4, 0.5) is 17.6 Å². The highest BCUT2D eigenvalue weighted by Crippen LogP contribution is 2.41. The first-order valence-corrected chi connectivity index (χ1v) is 12.8. The molecule has 1 atom stereocenters. The van der Waals surface area contributed by atoms with E-state index in [2.05, 4.69) is 6.92 Å². The van der Waals surface area contributed by atoms with E-state index in [0.29, 0.717) is 12.0 Å². The van der Waals surface area contributed by atoms with Crippen molar-refractivity contribution >= 4 is 0 Å². The van der Waals surface area contributed by atoms with Gasteiger partial charge in [-0.25, -0.2) is 17.6 Å². The van der Waals surface area contributed by atoms with Crippen LogP contribution in [0.1, 0.15) is 111 Å². The fourth-order valence-electron chi connectivity index (χ4n) is 6.07. The summed E-state index contributed by atoms with van der Waals surface area (Å²) >= 11 is 0. The van der Waals surface area contributed by atoms with Crippen LogP contribution in [0.25, 0.3) is 0 Å². The van der Waals surface area contributed by atoms with Crippen LogP contribution in [0, 0.1) is 40.5 Å². The van der Waals surface area contributed by atoms with E-state index in [1.807, 2.05) is 0 Å². The van der Waals surface area contributed by atoms with E-state index in [4.69, 9.17) is 5.26 Å². The first kappa shape index (κ1) is 24.8. The summed E-state index contributed by atoms with van der Waals surface area (Å²) in [7, 11) is 0. The van der Waals surface area contributed by atoms with Gasteiger partial charge in [-0.1, -0.05) is 39.0 Å². The van der Waals surface area contributed by atoms with E-state index >= 15 is 8.78 Å². The highest BCUT2D eigenvalue weighted by Gasteiger charge is 2.31. The molecule has 0 saturated heterocycles. The topological polar surface area (TPSA) is 23.8 Å². The first-order valence-electron chi connectivity index (χ1n) is 12.8. The summed E-state index contributed by atoms with van der Waals surface area (Å²) in [6.07, 6.45) is 11.3. The van der Waals surface area contributed by atoms with Crippen LogP contribution in [0.2, 0.25) is 0 Å². The number of halogens is 4. The maximum absolute atomic E-state index is 15.2. The summed E-state index contributed by atoms with van der Waals surface area (Å²) in [6, 6.07) is 5.68. The zero-order chi connectivity index (χ0) is 24.2. The Hall–Kier alpha value is -2.35. The molecule has 1 nitrogen and oxygen atoms in total. The third-order valence-corrected chi connectivity index (χ3v) is 8.03. The standard InChI is InChI=1S/C29H33F4N/c1-2-3-4-5-6-18-7-9-19(10-8-18)21-14-26(31)28(27(32)15-21)20-11-12-23-22(13-20)16-25(30)24(17-34)29(23)33/h14-16,18-20H,2-13H2,1H3. The molecule has 2 aliphatic carbocycles. The molecule has 1 unspecified atom stereocenters. The molecule has 2 aromatic rings. The van der Waals surface area contributed by atoms with Crippen molar-refractivity contribution in [2.75, 3.05) is 0 Å². The minimum absolute atomic E-state index is 0.0178. The predicted molar refractivity (Wildman–Crippen MR) is 126 cm³/mol. The molecule has 34 heavy (non-hydrogen) atoms. The summed E-state index contributed by atoms with van der Waals surface area (Å²) in [5.41, 5.74) is 0.845. The SMILES string of the molecule is CCCCCCC1CCC(c2cc(F)c(C3CCc4c(cc(F)c(C#N)c4F)C3)c(F)c2)CC1. The monoisotopic (exact) mass is 471 g/mol.